The lowest BCUT2D eigenvalue weighted by atomic mass is 9.96. The van der Waals surface area contributed by atoms with Crippen molar-refractivity contribution in [3.8, 4) is 23.0 Å². The lowest BCUT2D eigenvalue weighted by Crippen LogP contribution is -2.09. The van der Waals surface area contributed by atoms with E-state index in [0.717, 1.165) is 23.6 Å². The molecule has 0 aliphatic rings. The van der Waals surface area contributed by atoms with Crippen LogP contribution >= 0.6 is 0 Å². The third-order valence-electron chi connectivity index (χ3n) is 6.03. The van der Waals surface area contributed by atoms with Gasteiger partial charge >= 0.3 is 5.97 Å². The van der Waals surface area contributed by atoms with Gasteiger partial charge in [0.2, 0.25) is 0 Å². The second-order valence-electron chi connectivity index (χ2n) is 8.50. The summed E-state index contributed by atoms with van der Waals surface area (Å²) in [7, 11) is 6.44. The van der Waals surface area contributed by atoms with Crippen LogP contribution in [0.15, 0.2) is 23.4 Å². The monoisotopic (exact) mass is 487 g/mol. The van der Waals surface area contributed by atoms with Gasteiger partial charge in [0.1, 0.15) is 23.0 Å². The molecule has 0 unspecified atom stereocenters. The third-order valence-corrected chi connectivity index (χ3v) is 6.03. The standard InChI is InChI=1S/C28H41NO6/c1-7-9-10-11-12-13-14-16-21(29-35-25(30)15-8-2)20-19-24(33-5)26-22(31-3)17-18-23(32-4)27(26)28(20)34-6/h17-19H,7-16H2,1-6H3. The Hall–Kier alpha value is -2.96. The number of carbonyl (C=O) groups excluding carboxylic acids is 1. The van der Waals surface area contributed by atoms with Crippen LogP contribution < -0.4 is 18.9 Å². The fourth-order valence-corrected chi connectivity index (χ4v) is 4.20. The molecule has 0 aliphatic carbocycles. The Morgan fingerprint density at radius 1 is 0.714 bits per heavy atom. The molecule has 2 rings (SSSR count). The van der Waals surface area contributed by atoms with Gasteiger partial charge in [-0.1, -0.05) is 57.5 Å². The molecule has 0 aromatic heterocycles. The third kappa shape index (κ3) is 7.51. The van der Waals surface area contributed by atoms with Gasteiger partial charge in [0.15, 0.2) is 0 Å². The Bertz CT molecular complexity index is 985. The van der Waals surface area contributed by atoms with Crippen LogP contribution in [0.1, 0.15) is 83.6 Å². The minimum absolute atomic E-state index is 0.317. The molecule has 0 atom stereocenters. The minimum atomic E-state index is -0.351. The molecule has 7 heteroatoms. The van der Waals surface area contributed by atoms with Crippen molar-refractivity contribution in [1.82, 2.24) is 0 Å². The Balaban J connectivity index is 2.53. The fraction of sp³-hybridized carbons (Fsp3) is 0.571. The number of ether oxygens (including phenoxy) is 4. The zero-order valence-corrected chi connectivity index (χ0v) is 22.2. The smallest absolute Gasteiger partial charge is 0.335 e. The Morgan fingerprint density at radius 3 is 1.89 bits per heavy atom. The Labute approximate surface area is 209 Å². The SMILES string of the molecule is CCCCCCCCCC(=NOC(=O)CCC)c1cc(OC)c2c(OC)ccc(OC)c2c1OC. The van der Waals surface area contributed by atoms with Gasteiger partial charge in [0.05, 0.1) is 44.9 Å². The van der Waals surface area contributed by atoms with Gasteiger partial charge in [0, 0.05) is 12.0 Å². The first kappa shape index (κ1) is 28.3. The van der Waals surface area contributed by atoms with Crippen LogP contribution in [0.25, 0.3) is 10.8 Å². The first-order valence-corrected chi connectivity index (χ1v) is 12.6. The summed E-state index contributed by atoms with van der Waals surface area (Å²) in [4.78, 5) is 17.4. The van der Waals surface area contributed by atoms with E-state index >= 15 is 0 Å². The van der Waals surface area contributed by atoms with Gasteiger partial charge in [0.25, 0.3) is 0 Å². The Morgan fingerprint density at radius 2 is 1.31 bits per heavy atom. The van der Waals surface area contributed by atoms with E-state index in [1.54, 1.807) is 28.4 Å². The molecular weight excluding hydrogens is 446 g/mol. The second kappa shape index (κ2) is 15.1. The minimum Gasteiger partial charge on any atom is -0.496 e. The van der Waals surface area contributed by atoms with Crippen molar-refractivity contribution in [2.75, 3.05) is 28.4 Å². The molecule has 7 nitrogen and oxygen atoms in total. The number of nitrogens with zero attached hydrogens (tertiary/aromatic N) is 1. The zero-order valence-electron chi connectivity index (χ0n) is 22.2. The highest BCUT2D eigenvalue weighted by atomic mass is 16.7. The molecule has 0 aliphatic heterocycles. The summed E-state index contributed by atoms with van der Waals surface area (Å²) in [5, 5.41) is 5.77. The van der Waals surface area contributed by atoms with Crippen molar-refractivity contribution in [1.29, 1.82) is 0 Å². The largest absolute Gasteiger partial charge is 0.496 e. The summed E-state index contributed by atoms with van der Waals surface area (Å²) >= 11 is 0. The number of unbranched alkanes of at least 4 members (excludes halogenated alkanes) is 6. The van der Waals surface area contributed by atoms with Gasteiger partial charge in [-0.15, -0.1) is 0 Å². The summed E-state index contributed by atoms with van der Waals surface area (Å²) < 4.78 is 22.9. The number of rotatable bonds is 16. The van der Waals surface area contributed by atoms with E-state index in [0.29, 0.717) is 53.5 Å². The van der Waals surface area contributed by atoms with E-state index in [1.165, 1.54) is 32.1 Å². The van der Waals surface area contributed by atoms with Crippen LogP contribution in [0.4, 0.5) is 0 Å². The number of benzene rings is 2. The number of hydrogen-bond acceptors (Lipinski definition) is 7. The highest BCUT2D eigenvalue weighted by Gasteiger charge is 2.24. The molecule has 194 valence electrons. The van der Waals surface area contributed by atoms with E-state index in [-0.39, 0.29) is 5.97 Å². The van der Waals surface area contributed by atoms with Crippen molar-refractivity contribution < 1.29 is 28.6 Å². The summed E-state index contributed by atoms with van der Waals surface area (Å²) in [6, 6.07) is 5.54. The van der Waals surface area contributed by atoms with E-state index in [4.69, 9.17) is 23.8 Å². The van der Waals surface area contributed by atoms with Crippen LogP contribution in [-0.4, -0.2) is 40.1 Å². The summed E-state index contributed by atoms with van der Waals surface area (Å²) in [6.07, 6.45) is 9.85. The first-order chi connectivity index (χ1) is 17.1. The Kier molecular flexibility index (Phi) is 12.2. The fourth-order valence-electron chi connectivity index (χ4n) is 4.20. The molecule has 0 amide bonds. The van der Waals surface area contributed by atoms with Crippen molar-refractivity contribution in [2.45, 2.75) is 78.1 Å². The second-order valence-corrected chi connectivity index (χ2v) is 8.50. The average Bonchev–Trinajstić information content (AvgIpc) is 2.88. The molecule has 0 radical (unpaired) electrons. The lowest BCUT2D eigenvalue weighted by molar-refractivity contribution is -0.143. The molecule has 0 heterocycles. The highest BCUT2D eigenvalue weighted by molar-refractivity contribution is 6.12. The molecule has 2 aromatic carbocycles. The maximum atomic E-state index is 12.1. The quantitative estimate of drug-likeness (QED) is 0.109. The van der Waals surface area contributed by atoms with Crippen LogP contribution in [-0.2, 0) is 9.63 Å². The predicted octanol–water partition coefficient (Wildman–Crippen LogP) is 7.06. The van der Waals surface area contributed by atoms with Gasteiger partial charge < -0.3 is 23.8 Å². The molecule has 35 heavy (non-hydrogen) atoms. The summed E-state index contributed by atoms with van der Waals surface area (Å²) in [5.41, 5.74) is 1.35. The number of oxime groups is 1. The molecule has 0 fully saturated rings. The number of methoxy groups -OCH3 is 4. The maximum Gasteiger partial charge on any atom is 0.335 e. The normalized spacial score (nSPS) is 11.4. The topological polar surface area (TPSA) is 75.6 Å². The van der Waals surface area contributed by atoms with E-state index < -0.39 is 0 Å². The average molecular weight is 488 g/mol. The molecule has 0 saturated carbocycles. The van der Waals surface area contributed by atoms with Crippen LogP contribution in [0.3, 0.4) is 0 Å². The molecule has 0 N–H and O–H groups in total. The molecule has 0 saturated heterocycles. The van der Waals surface area contributed by atoms with Crippen molar-refractivity contribution >= 4 is 22.5 Å². The van der Waals surface area contributed by atoms with Crippen LogP contribution in [0.2, 0.25) is 0 Å². The van der Waals surface area contributed by atoms with Crippen molar-refractivity contribution in [3.05, 3.63) is 23.8 Å². The summed E-state index contributed by atoms with van der Waals surface area (Å²) in [5.74, 6) is 2.08. The van der Waals surface area contributed by atoms with E-state index in [1.807, 2.05) is 25.1 Å². The van der Waals surface area contributed by atoms with Crippen molar-refractivity contribution in [2.24, 2.45) is 5.16 Å². The molecule has 0 spiro atoms. The van der Waals surface area contributed by atoms with Gasteiger partial charge in [-0.25, -0.2) is 4.79 Å². The van der Waals surface area contributed by atoms with Gasteiger partial charge in [-0.2, -0.15) is 0 Å². The van der Waals surface area contributed by atoms with Crippen molar-refractivity contribution in [3.63, 3.8) is 0 Å². The van der Waals surface area contributed by atoms with Crippen LogP contribution in [0, 0.1) is 0 Å². The first-order valence-electron chi connectivity index (χ1n) is 12.6. The summed E-state index contributed by atoms with van der Waals surface area (Å²) in [6.45, 7) is 4.15. The van der Waals surface area contributed by atoms with E-state index in [2.05, 4.69) is 12.1 Å². The lowest BCUT2D eigenvalue weighted by Gasteiger charge is -2.19. The number of fused-ring (bicyclic) bond motifs is 1. The van der Waals surface area contributed by atoms with E-state index in [9.17, 15) is 4.79 Å². The van der Waals surface area contributed by atoms with Gasteiger partial charge in [-0.05, 0) is 37.5 Å². The zero-order chi connectivity index (χ0) is 25.6. The molecule has 0 bridgehead atoms. The van der Waals surface area contributed by atoms with Crippen LogP contribution in [0.5, 0.6) is 23.0 Å². The molecule has 2 aromatic rings. The maximum absolute atomic E-state index is 12.1. The van der Waals surface area contributed by atoms with Gasteiger partial charge in [-0.3, -0.25) is 0 Å². The predicted molar refractivity (Wildman–Crippen MR) is 140 cm³/mol. The number of carbonyl (C=O) groups is 1. The number of hydrogen-bond donors (Lipinski definition) is 0. The molecular formula is C28H41NO6. The highest BCUT2D eigenvalue weighted by Crippen LogP contribution is 2.46.